The molecule has 2 aromatic rings. The number of benzene rings is 1. The van der Waals surface area contributed by atoms with Gasteiger partial charge in [0, 0.05) is 25.9 Å². The zero-order valence-electron chi connectivity index (χ0n) is 11.9. The standard InChI is InChI=1S/C16H18N2O3/c1-18-11-14(7-8-15(18)19)16(20)17-9-10-21-12-13-5-3-2-4-6-13/h2-8,11H,9-10,12H2,1H3,(H,17,20). The molecule has 1 heterocycles. The summed E-state index contributed by atoms with van der Waals surface area (Å²) in [5.41, 5.74) is 1.42. The van der Waals surface area contributed by atoms with Crippen LogP contribution in [-0.4, -0.2) is 23.6 Å². The lowest BCUT2D eigenvalue weighted by atomic mass is 10.2. The Kier molecular flexibility index (Phi) is 5.29. The van der Waals surface area contributed by atoms with Crippen molar-refractivity contribution in [3.8, 4) is 0 Å². The molecule has 5 heteroatoms. The molecule has 1 amide bonds. The summed E-state index contributed by atoms with van der Waals surface area (Å²) in [4.78, 5) is 23.1. The van der Waals surface area contributed by atoms with Gasteiger partial charge >= 0.3 is 0 Å². The lowest BCUT2D eigenvalue weighted by molar-refractivity contribution is 0.0900. The van der Waals surface area contributed by atoms with E-state index in [0.29, 0.717) is 25.3 Å². The molecule has 0 aliphatic carbocycles. The molecule has 110 valence electrons. The highest BCUT2D eigenvalue weighted by atomic mass is 16.5. The first-order valence-electron chi connectivity index (χ1n) is 6.73. The van der Waals surface area contributed by atoms with Crippen LogP contribution in [0.5, 0.6) is 0 Å². The predicted molar refractivity (Wildman–Crippen MR) is 80.1 cm³/mol. The summed E-state index contributed by atoms with van der Waals surface area (Å²) in [7, 11) is 1.61. The number of amides is 1. The number of carbonyl (C=O) groups excluding carboxylic acids is 1. The van der Waals surface area contributed by atoms with Gasteiger partial charge in [0.15, 0.2) is 0 Å². The number of aromatic nitrogens is 1. The van der Waals surface area contributed by atoms with E-state index in [2.05, 4.69) is 5.32 Å². The zero-order valence-corrected chi connectivity index (χ0v) is 11.9. The second-order valence-corrected chi connectivity index (χ2v) is 4.66. The molecule has 0 aliphatic rings. The van der Waals surface area contributed by atoms with E-state index < -0.39 is 0 Å². The van der Waals surface area contributed by atoms with Crippen molar-refractivity contribution in [1.29, 1.82) is 0 Å². The van der Waals surface area contributed by atoms with Gasteiger partial charge in [-0.1, -0.05) is 30.3 Å². The van der Waals surface area contributed by atoms with Gasteiger partial charge < -0.3 is 14.6 Å². The highest BCUT2D eigenvalue weighted by molar-refractivity contribution is 5.93. The first kappa shape index (κ1) is 15.0. The molecule has 1 aromatic heterocycles. The maximum absolute atomic E-state index is 11.9. The minimum atomic E-state index is -0.214. The Hall–Kier alpha value is -2.40. The van der Waals surface area contributed by atoms with Crippen LogP contribution in [0.1, 0.15) is 15.9 Å². The van der Waals surface area contributed by atoms with Crippen LogP contribution in [0.25, 0.3) is 0 Å². The van der Waals surface area contributed by atoms with Gasteiger partial charge in [0.05, 0.1) is 18.8 Å². The van der Waals surface area contributed by atoms with E-state index in [4.69, 9.17) is 4.74 Å². The van der Waals surface area contributed by atoms with Gasteiger partial charge in [0.1, 0.15) is 0 Å². The van der Waals surface area contributed by atoms with Crippen molar-refractivity contribution >= 4 is 5.91 Å². The molecular weight excluding hydrogens is 268 g/mol. The van der Waals surface area contributed by atoms with Crippen molar-refractivity contribution in [1.82, 2.24) is 9.88 Å². The van der Waals surface area contributed by atoms with Crippen LogP contribution >= 0.6 is 0 Å². The van der Waals surface area contributed by atoms with Crippen LogP contribution in [0.3, 0.4) is 0 Å². The van der Waals surface area contributed by atoms with Crippen LogP contribution in [0.4, 0.5) is 0 Å². The molecule has 0 fully saturated rings. The maximum Gasteiger partial charge on any atom is 0.252 e. The van der Waals surface area contributed by atoms with Crippen molar-refractivity contribution < 1.29 is 9.53 Å². The van der Waals surface area contributed by atoms with Crippen LogP contribution in [0.2, 0.25) is 0 Å². The second-order valence-electron chi connectivity index (χ2n) is 4.66. The van der Waals surface area contributed by atoms with Gasteiger partial charge in [-0.05, 0) is 11.6 Å². The molecule has 2 rings (SSSR count). The average molecular weight is 286 g/mol. The minimum absolute atomic E-state index is 0.141. The summed E-state index contributed by atoms with van der Waals surface area (Å²) < 4.78 is 6.85. The summed E-state index contributed by atoms with van der Waals surface area (Å²) >= 11 is 0. The topological polar surface area (TPSA) is 60.3 Å². The number of hydrogen-bond acceptors (Lipinski definition) is 3. The fourth-order valence-electron chi connectivity index (χ4n) is 1.83. The number of nitrogens with one attached hydrogen (secondary N) is 1. The Balaban J connectivity index is 1.72. The summed E-state index contributed by atoms with van der Waals surface area (Å²) in [6, 6.07) is 12.7. The van der Waals surface area contributed by atoms with Crippen LogP contribution < -0.4 is 10.9 Å². The average Bonchev–Trinajstić information content (AvgIpc) is 2.50. The van der Waals surface area contributed by atoms with Crippen LogP contribution in [0, 0.1) is 0 Å². The molecule has 0 unspecified atom stereocenters. The number of hydrogen-bond donors (Lipinski definition) is 1. The van der Waals surface area contributed by atoms with Gasteiger partial charge in [-0.3, -0.25) is 9.59 Å². The highest BCUT2D eigenvalue weighted by Gasteiger charge is 2.05. The third-order valence-electron chi connectivity index (χ3n) is 2.99. The Bertz CT molecular complexity index is 650. The van der Waals surface area contributed by atoms with E-state index in [1.807, 2.05) is 30.3 Å². The normalized spacial score (nSPS) is 10.3. The van der Waals surface area contributed by atoms with Gasteiger partial charge in [-0.2, -0.15) is 0 Å². The first-order valence-corrected chi connectivity index (χ1v) is 6.73. The van der Waals surface area contributed by atoms with E-state index in [9.17, 15) is 9.59 Å². The number of nitrogens with zero attached hydrogens (tertiary/aromatic N) is 1. The van der Waals surface area contributed by atoms with E-state index >= 15 is 0 Å². The summed E-state index contributed by atoms with van der Waals surface area (Å²) in [6.07, 6.45) is 1.52. The smallest absolute Gasteiger partial charge is 0.252 e. The molecular formula is C16H18N2O3. The molecule has 0 saturated heterocycles. The van der Waals surface area contributed by atoms with Gasteiger partial charge in [-0.15, -0.1) is 0 Å². The fourth-order valence-corrected chi connectivity index (χ4v) is 1.83. The minimum Gasteiger partial charge on any atom is -0.375 e. The predicted octanol–water partition coefficient (Wildman–Crippen LogP) is 1.33. The molecule has 5 nitrogen and oxygen atoms in total. The molecule has 0 radical (unpaired) electrons. The highest BCUT2D eigenvalue weighted by Crippen LogP contribution is 2.00. The number of carbonyl (C=O) groups is 1. The molecule has 0 atom stereocenters. The third-order valence-corrected chi connectivity index (χ3v) is 2.99. The van der Waals surface area contributed by atoms with Gasteiger partial charge in [0.2, 0.25) is 5.56 Å². The van der Waals surface area contributed by atoms with Crippen molar-refractivity contribution in [2.75, 3.05) is 13.2 Å². The summed E-state index contributed by atoms with van der Waals surface area (Å²) in [6.45, 7) is 1.39. The molecule has 21 heavy (non-hydrogen) atoms. The summed E-state index contributed by atoms with van der Waals surface area (Å²) in [5, 5.41) is 2.75. The molecule has 0 aliphatic heterocycles. The SMILES string of the molecule is Cn1cc(C(=O)NCCOCc2ccccc2)ccc1=O. The van der Waals surface area contributed by atoms with E-state index in [1.165, 1.54) is 22.9 Å². The van der Waals surface area contributed by atoms with E-state index in [1.54, 1.807) is 7.05 Å². The largest absolute Gasteiger partial charge is 0.375 e. The van der Waals surface area contributed by atoms with Crippen molar-refractivity contribution in [3.63, 3.8) is 0 Å². The van der Waals surface area contributed by atoms with E-state index in [-0.39, 0.29) is 11.5 Å². The monoisotopic (exact) mass is 286 g/mol. The second kappa shape index (κ2) is 7.40. The van der Waals surface area contributed by atoms with Crippen LogP contribution in [-0.2, 0) is 18.4 Å². The first-order chi connectivity index (χ1) is 10.2. The number of pyridine rings is 1. The molecule has 0 bridgehead atoms. The number of rotatable bonds is 6. The third kappa shape index (κ3) is 4.57. The van der Waals surface area contributed by atoms with Gasteiger partial charge in [0.25, 0.3) is 5.91 Å². The Morgan fingerprint density at radius 2 is 1.95 bits per heavy atom. The number of aryl methyl sites for hydroxylation is 1. The Morgan fingerprint density at radius 1 is 1.19 bits per heavy atom. The lowest BCUT2D eigenvalue weighted by Crippen LogP contribution is -2.28. The lowest BCUT2D eigenvalue weighted by Gasteiger charge is -2.07. The Labute approximate surface area is 123 Å². The van der Waals surface area contributed by atoms with Crippen LogP contribution in [0.15, 0.2) is 53.5 Å². The van der Waals surface area contributed by atoms with Crippen molar-refractivity contribution in [3.05, 3.63) is 70.1 Å². The molecule has 0 spiro atoms. The van der Waals surface area contributed by atoms with Gasteiger partial charge in [-0.25, -0.2) is 0 Å². The van der Waals surface area contributed by atoms with E-state index in [0.717, 1.165) is 5.56 Å². The summed E-state index contributed by atoms with van der Waals surface area (Å²) in [5.74, 6) is -0.214. The molecule has 1 N–H and O–H groups in total. The molecule has 0 saturated carbocycles. The number of ether oxygens (including phenoxy) is 1. The maximum atomic E-state index is 11.9. The fraction of sp³-hybridized carbons (Fsp3) is 0.250. The molecule has 1 aromatic carbocycles. The van der Waals surface area contributed by atoms with Crippen molar-refractivity contribution in [2.24, 2.45) is 7.05 Å². The Morgan fingerprint density at radius 3 is 2.67 bits per heavy atom. The quantitative estimate of drug-likeness (QED) is 0.815. The van der Waals surface area contributed by atoms with Crippen molar-refractivity contribution in [2.45, 2.75) is 6.61 Å². The zero-order chi connectivity index (χ0) is 15.1.